The van der Waals surface area contributed by atoms with Crippen molar-refractivity contribution in [1.82, 2.24) is 15.1 Å². The minimum atomic E-state index is -0.363. The van der Waals surface area contributed by atoms with E-state index in [2.05, 4.69) is 10.2 Å². The van der Waals surface area contributed by atoms with Gasteiger partial charge >= 0.3 is 0 Å². The van der Waals surface area contributed by atoms with E-state index < -0.39 is 0 Å². The lowest BCUT2D eigenvalue weighted by Gasteiger charge is -2.25. The lowest BCUT2D eigenvalue weighted by molar-refractivity contribution is -0.132. The van der Waals surface area contributed by atoms with Gasteiger partial charge in [0.25, 0.3) is 0 Å². The van der Waals surface area contributed by atoms with Gasteiger partial charge in [-0.25, -0.2) is 0 Å². The first-order valence-corrected chi connectivity index (χ1v) is 8.93. The van der Waals surface area contributed by atoms with E-state index in [1.807, 2.05) is 4.90 Å². The lowest BCUT2D eigenvalue weighted by atomic mass is 10.1. The maximum atomic E-state index is 12.4. The van der Waals surface area contributed by atoms with Gasteiger partial charge in [0.05, 0.1) is 6.10 Å². The molecule has 1 saturated carbocycles. The highest BCUT2D eigenvalue weighted by Gasteiger charge is 2.29. The second-order valence-corrected chi connectivity index (χ2v) is 6.98. The van der Waals surface area contributed by atoms with Crippen LogP contribution >= 0.6 is 0 Å². The Bertz CT molecular complexity index is 523. The predicted molar refractivity (Wildman–Crippen MR) is 84.9 cm³/mol. The first kappa shape index (κ1) is 16.4. The molecule has 2 fully saturated rings. The number of carbonyl (C=O) groups excluding carboxylic acids is 1. The van der Waals surface area contributed by atoms with E-state index in [0.29, 0.717) is 31.1 Å². The van der Waals surface area contributed by atoms with Gasteiger partial charge in [0.1, 0.15) is 0 Å². The number of amides is 1. The molecular weight excluding hydrogens is 294 g/mol. The third-order valence-electron chi connectivity index (χ3n) is 5.05. The minimum absolute atomic E-state index is 0.133. The van der Waals surface area contributed by atoms with Crippen LogP contribution in [0.25, 0.3) is 0 Å². The van der Waals surface area contributed by atoms with E-state index >= 15 is 0 Å². The van der Waals surface area contributed by atoms with Gasteiger partial charge in [0.15, 0.2) is 0 Å². The molecule has 1 N–H and O–H groups in total. The standard InChI is InChI=1S/C17H27N3O3/c1-12(21)11-14-7-4-10-20(14)16(22)9-8-15-18-19-17(23-15)13-5-2-3-6-13/h12-14,21H,2-11H2,1H3. The maximum absolute atomic E-state index is 12.4. The molecule has 0 aromatic carbocycles. The van der Waals surface area contributed by atoms with Crippen molar-refractivity contribution in [1.29, 1.82) is 0 Å². The Morgan fingerprint density at radius 2 is 2.09 bits per heavy atom. The van der Waals surface area contributed by atoms with E-state index in [4.69, 9.17) is 4.42 Å². The fourth-order valence-corrected chi connectivity index (χ4v) is 3.87. The van der Waals surface area contributed by atoms with E-state index in [-0.39, 0.29) is 18.1 Å². The zero-order chi connectivity index (χ0) is 16.2. The lowest BCUT2D eigenvalue weighted by Crippen LogP contribution is -2.37. The van der Waals surface area contributed by atoms with Gasteiger partial charge in [-0.15, -0.1) is 10.2 Å². The first-order chi connectivity index (χ1) is 11.1. The van der Waals surface area contributed by atoms with Gasteiger partial charge in [-0.2, -0.15) is 0 Å². The van der Waals surface area contributed by atoms with Gasteiger partial charge in [-0.3, -0.25) is 4.79 Å². The van der Waals surface area contributed by atoms with Crippen LogP contribution in [0.3, 0.4) is 0 Å². The van der Waals surface area contributed by atoms with E-state index in [9.17, 15) is 9.90 Å². The van der Waals surface area contributed by atoms with Crippen molar-refractivity contribution in [3.8, 4) is 0 Å². The molecular formula is C17H27N3O3. The quantitative estimate of drug-likeness (QED) is 0.870. The molecule has 1 aliphatic carbocycles. The molecule has 2 heterocycles. The van der Waals surface area contributed by atoms with Crippen molar-refractivity contribution >= 4 is 5.91 Å². The molecule has 1 aliphatic heterocycles. The summed E-state index contributed by atoms with van der Waals surface area (Å²) in [5.74, 6) is 1.87. The van der Waals surface area contributed by atoms with Crippen molar-refractivity contribution in [3.63, 3.8) is 0 Å². The van der Waals surface area contributed by atoms with Crippen LogP contribution in [0.2, 0.25) is 0 Å². The molecule has 1 amide bonds. The molecule has 2 aliphatic rings. The smallest absolute Gasteiger partial charge is 0.223 e. The zero-order valence-corrected chi connectivity index (χ0v) is 13.9. The summed E-state index contributed by atoms with van der Waals surface area (Å²) >= 11 is 0. The summed E-state index contributed by atoms with van der Waals surface area (Å²) in [6, 6.07) is 0.180. The number of aryl methyl sites for hydroxylation is 1. The summed E-state index contributed by atoms with van der Waals surface area (Å²) < 4.78 is 5.74. The Kier molecular flexibility index (Phi) is 5.30. The summed E-state index contributed by atoms with van der Waals surface area (Å²) in [5, 5.41) is 17.8. The number of hydrogen-bond donors (Lipinski definition) is 1. The molecule has 1 aromatic heterocycles. The number of rotatable bonds is 6. The van der Waals surface area contributed by atoms with Crippen LogP contribution in [0.4, 0.5) is 0 Å². The van der Waals surface area contributed by atoms with Crippen molar-refractivity contribution in [3.05, 3.63) is 11.8 Å². The highest BCUT2D eigenvalue weighted by Crippen LogP contribution is 2.33. The normalized spacial score (nSPS) is 23.6. The van der Waals surface area contributed by atoms with Crippen LogP contribution in [0.15, 0.2) is 4.42 Å². The van der Waals surface area contributed by atoms with Crippen LogP contribution in [0, 0.1) is 0 Å². The van der Waals surface area contributed by atoms with Crippen LogP contribution in [-0.4, -0.2) is 44.8 Å². The van der Waals surface area contributed by atoms with Gasteiger partial charge in [0, 0.05) is 31.3 Å². The third kappa shape index (κ3) is 4.10. The number of nitrogens with zero attached hydrogens (tertiary/aromatic N) is 3. The summed E-state index contributed by atoms with van der Waals surface area (Å²) in [6.07, 6.45) is 7.97. The van der Waals surface area contributed by atoms with E-state index in [1.54, 1.807) is 6.92 Å². The summed E-state index contributed by atoms with van der Waals surface area (Å²) in [7, 11) is 0. The van der Waals surface area contributed by atoms with Crippen molar-refractivity contribution in [2.24, 2.45) is 0 Å². The Hall–Kier alpha value is -1.43. The van der Waals surface area contributed by atoms with Crippen LogP contribution in [-0.2, 0) is 11.2 Å². The Morgan fingerprint density at radius 1 is 1.30 bits per heavy atom. The zero-order valence-electron chi connectivity index (χ0n) is 13.9. The fourth-order valence-electron chi connectivity index (χ4n) is 3.87. The molecule has 2 unspecified atom stereocenters. The largest absolute Gasteiger partial charge is 0.425 e. The van der Waals surface area contributed by atoms with Gasteiger partial charge in [-0.05, 0) is 39.0 Å². The summed E-state index contributed by atoms with van der Waals surface area (Å²) in [5.41, 5.74) is 0. The molecule has 2 atom stereocenters. The highest BCUT2D eigenvalue weighted by molar-refractivity contribution is 5.77. The monoisotopic (exact) mass is 321 g/mol. The van der Waals surface area contributed by atoms with Crippen molar-refractivity contribution < 1.29 is 14.3 Å². The number of aromatic nitrogens is 2. The molecule has 0 radical (unpaired) electrons. The van der Waals surface area contributed by atoms with Crippen LogP contribution in [0.1, 0.15) is 76.0 Å². The van der Waals surface area contributed by atoms with Crippen LogP contribution in [0.5, 0.6) is 0 Å². The first-order valence-electron chi connectivity index (χ1n) is 8.93. The van der Waals surface area contributed by atoms with E-state index in [1.165, 1.54) is 12.8 Å². The number of aliphatic hydroxyl groups excluding tert-OH is 1. The van der Waals surface area contributed by atoms with Gasteiger partial charge < -0.3 is 14.4 Å². The number of carbonyl (C=O) groups is 1. The van der Waals surface area contributed by atoms with E-state index in [0.717, 1.165) is 38.1 Å². The maximum Gasteiger partial charge on any atom is 0.223 e. The Balaban J connectivity index is 1.50. The summed E-state index contributed by atoms with van der Waals surface area (Å²) in [4.78, 5) is 14.3. The molecule has 23 heavy (non-hydrogen) atoms. The molecule has 128 valence electrons. The average molecular weight is 321 g/mol. The van der Waals surface area contributed by atoms with Crippen molar-refractivity contribution in [2.75, 3.05) is 6.54 Å². The predicted octanol–water partition coefficient (Wildman–Crippen LogP) is 2.42. The molecule has 6 nitrogen and oxygen atoms in total. The number of aliphatic hydroxyl groups is 1. The minimum Gasteiger partial charge on any atom is -0.425 e. The molecule has 3 rings (SSSR count). The molecule has 0 spiro atoms. The molecule has 1 aromatic rings. The number of likely N-dealkylation sites (tertiary alicyclic amines) is 1. The highest BCUT2D eigenvalue weighted by atomic mass is 16.4. The molecule has 1 saturated heterocycles. The van der Waals surface area contributed by atoms with Gasteiger partial charge in [0.2, 0.25) is 17.7 Å². The van der Waals surface area contributed by atoms with Crippen molar-refractivity contribution in [2.45, 2.75) is 82.8 Å². The second-order valence-electron chi connectivity index (χ2n) is 6.98. The summed E-state index contributed by atoms with van der Waals surface area (Å²) in [6.45, 7) is 2.58. The SMILES string of the molecule is CC(O)CC1CCCN1C(=O)CCc1nnc(C2CCCC2)o1. The fraction of sp³-hybridized carbons (Fsp3) is 0.824. The molecule has 0 bridgehead atoms. The van der Waals surface area contributed by atoms with Gasteiger partial charge in [-0.1, -0.05) is 12.8 Å². The topological polar surface area (TPSA) is 79.5 Å². The second kappa shape index (κ2) is 7.43. The number of hydrogen-bond acceptors (Lipinski definition) is 5. The Morgan fingerprint density at radius 3 is 2.83 bits per heavy atom. The third-order valence-corrected chi connectivity index (χ3v) is 5.05. The van der Waals surface area contributed by atoms with Crippen LogP contribution < -0.4 is 0 Å². The Labute approximate surface area is 137 Å². The molecule has 6 heteroatoms. The average Bonchev–Trinajstić information content (AvgIpc) is 3.24.